The van der Waals surface area contributed by atoms with Crippen LogP contribution in [0.15, 0.2) is 42.5 Å². The van der Waals surface area contributed by atoms with Gasteiger partial charge in [-0.25, -0.2) is 4.79 Å². The normalized spacial score (nSPS) is 10.8. The number of methoxy groups -OCH3 is 1. The molecule has 3 aromatic rings. The van der Waals surface area contributed by atoms with Gasteiger partial charge in [0.2, 0.25) is 0 Å². The van der Waals surface area contributed by atoms with Gasteiger partial charge in [0.05, 0.1) is 23.9 Å². The van der Waals surface area contributed by atoms with Crippen LogP contribution in [0.5, 0.6) is 0 Å². The van der Waals surface area contributed by atoms with Crippen molar-refractivity contribution >= 4 is 34.2 Å². The van der Waals surface area contributed by atoms with Gasteiger partial charge in [-0.05, 0) is 35.9 Å². The molecule has 0 atom stereocenters. The molecule has 3 N–H and O–H groups in total. The first kappa shape index (κ1) is 13.5. The molecule has 0 saturated carbocycles. The number of aromatic amines is 1. The highest BCUT2D eigenvalue weighted by Crippen LogP contribution is 2.30. The molecule has 21 heavy (non-hydrogen) atoms. The second-order valence-electron chi connectivity index (χ2n) is 4.71. The van der Waals surface area contributed by atoms with Gasteiger partial charge in [-0.2, -0.15) is 0 Å². The van der Waals surface area contributed by atoms with Crippen LogP contribution in [0, 0.1) is 0 Å². The van der Waals surface area contributed by atoms with E-state index >= 15 is 0 Å². The number of nitrogen functional groups attached to an aromatic ring is 1. The third-order valence-electron chi connectivity index (χ3n) is 3.32. The molecule has 0 radical (unpaired) electrons. The number of rotatable bonds is 2. The molecule has 0 unspecified atom stereocenters. The lowest BCUT2D eigenvalue weighted by Gasteiger charge is -2.02. The van der Waals surface area contributed by atoms with Gasteiger partial charge in [0.25, 0.3) is 0 Å². The summed E-state index contributed by atoms with van der Waals surface area (Å²) in [5, 5.41) is 1.52. The summed E-state index contributed by atoms with van der Waals surface area (Å²) in [4.78, 5) is 14.9. The SMILES string of the molecule is COC(=O)c1cccc(-c2cc3cc(Cl)cc(N)c3[nH]2)c1. The summed E-state index contributed by atoms with van der Waals surface area (Å²) in [6, 6.07) is 12.7. The van der Waals surface area contributed by atoms with Gasteiger partial charge in [0.1, 0.15) is 0 Å². The van der Waals surface area contributed by atoms with E-state index in [9.17, 15) is 4.79 Å². The van der Waals surface area contributed by atoms with Crippen molar-refractivity contribution in [2.45, 2.75) is 0 Å². The molecule has 1 heterocycles. The number of benzene rings is 2. The van der Waals surface area contributed by atoms with Crippen LogP contribution in [0.4, 0.5) is 5.69 Å². The average Bonchev–Trinajstić information content (AvgIpc) is 2.91. The van der Waals surface area contributed by atoms with Gasteiger partial charge in [-0.3, -0.25) is 0 Å². The van der Waals surface area contributed by atoms with Crippen LogP contribution in [0.25, 0.3) is 22.2 Å². The first-order chi connectivity index (χ1) is 10.1. The largest absolute Gasteiger partial charge is 0.465 e. The number of esters is 1. The lowest BCUT2D eigenvalue weighted by Crippen LogP contribution is -2.00. The molecule has 1 aromatic heterocycles. The number of anilines is 1. The Bertz CT molecular complexity index is 839. The van der Waals surface area contributed by atoms with Crippen LogP contribution in [0.1, 0.15) is 10.4 Å². The summed E-state index contributed by atoms with van der Waals surface area (Å²) in [6.45, 7) is 0. The summed E-state index contributed by atoms with van der Waals surface area (Å²) >= 11 is 6.01. The van der Waals surface area contributed by atoms with Crippen LogP contribution < -0.4 is 5.73 Å². The predicted octanol–water partition coefficient (Wildman–Crippen LogP) is 3.86. The van der Waals surface area contributed by atoms with Crippen molar-refractivity contribution in [3.8, 4) is 11.3 Å². The quantitative estimate of drug-likeness (QED) is 0.558. The number of H-pyrrole nitrogens is 1. The van der Waals surface area contributed by atoms with Gasteiger partial charge in [-0.15, -0.1) is 0 Å². The fourth-order valence-corrected chi connectivity index (χ4v) is 2.56. The minimum atomic E-state index is -0.365. The Kier molecular flexibility index (Phi) is 3.31. The van der Waals surface area contributed by atoms with Crippen molar-refractivity contribution < 1.29 is 9.53 Å². The second kappa shape index (κ2) is 5.14. The van der Waals surface area contributed by atoms with E-state index < -0.39 is 0 Å². The highest BCUT2D eigenvalue weighted by atomic mass is 35.5. The molecule has 0 aliphatic carbocycles. The van der Waals surface area contributed by atoms with Crippen molar-refractivity contribution in [1.82, 2.24) is 4.98 Å². The van der Waals surface area contributed by atoms with Gasteiger partial charge < -0.3 is 15.5 Å². The van der Waals surface area contributed by atoms with Crippen LogP contribution in [0.2, 0.25) is 5.02 Å². The lowest BCUT2D eigenvalue weighted by molar-refractivity contribution is 0.0601. The number of nitrogens with two attached hydrogens (primary N) is 1. The van der Waals surface area contributed by atoms with Crippen LogP contribution in [-0.4, -0.2) is 18.1 Å². The molecule has 4 nitrogen and oxygen atoms in total. The first-order valence-electron chi connectivity index (χ1n) is 6.35. The molecule has 0 aliphatic heterocycles. The van der Waals surface area contributed by atoms with Crippen molar-refractivity contribution in [2.75, 3.05) is 12.8 Å². The van der Waals surface area contributed by atoms with E-state index in [1.807, 2.05) is 24.3 Å². The Hall–Kier alpha value is -2.46. The molecule has 0 amide bonds. The summed E-state index contributed by atoms with van der Waals surface area (Å²) in [7, 11) is 1.36. The average molecular weight is 301 g/mol. The third kappa shape index (κ3) is 2.45. The maximum absolute atomic E-state index is 11.6. The molecular formula is C16H13ClN2O2. The topological polar surface area (TPSA) is 68.1 Å². The van der Waals surface area contributed by atoms with Gasteiger partial charge in [0, 0.05) is 16.1 Å². The Labute approximate surface area is 126 Å². The summed E-state index contributed by atoms with van der Waals surface area (Å²) < 4.78 is 4.73. The Balaban J connectivity index is 2.12. The van der Waals surface area contributed by atoms with Gasteiger partial charge in [0.15, 0.2) is 0 Å². The van der Waals surface area contributed by atoms with E-state index in [0.29, 0.717) is 16.3 Å². The zero-order valence-electron chi connectivity index (χ0n) is 11.3. The Morgan fingerprint density at radius 2 is 2.05 bits per heavy atom. The number of carbonyl (C=O) groups is 1. The fraction of sp³-hybridized carbons (Fsp3) is 0.0625. The number of halogens is 1. The maximum atomic E-state index is 11.6. The van der Waals surface area contributed by atoms with Gasteiger partial charge >= 0.3 is 5.97 Å². The molecule has 2 aromatic carbocycles. The molecule has 0 aliphatic rings. The zero-order chi connectivity index (χ0) is 15.0. The predicted molar refractivity (Wildman–Crippen MR) is 84.5 cm³/mol. The molecule has 3 rings (SSSR count). The van der Waals surface area contributed by atoms with Crippen LogP contribution >= 0.6 is 11.6 Å². The number of hydrogen-bond acceptors (Lipinski definition) is 3. The molecule has 0 fully saturated rings. The molecule has 106 valence electrons. The second-order valence-corrected chi connectivity index (χ2v) is 5.15. The molecule has 0 saturated heterocycles. The number of ether oxygens (including phenoxy) is 1. The minimum absolute atomic E-state index is 0.365. The number of carbonyl (C=O) groups excluding carboxylic acids is 1. The van der Waals surface area contributed by atoms with E-state index in [2.05, 4.69) is 4.98 Å². The Morgan fingerprint density at radius 1 is 1.24 bits per heavy atom. The maximum Gasteiger partial charge on any atom is 0.337 e. The number of nitrogens with one attached hydrogen (secondary N) is 1. The first-order valence-corrected chi connectivity index (χ1v) is 6.73. The van der Waals surface area contributed by atoms with Gasteiger partial charge in [-0.1, -0.05) is 23.7 Å². The van der Waals surface area contributed by atoms with Crippen LogP contribution in [0.3, 0.4) is 0 Å². The van der Waals surface area contributed by atoms with E-state index in [4.69, 9.17) is 22.1 Å². The summed E-state index contributed by atoms with van der Waals surface area (Å²) in [6.07, 6.45) is 0. The number of hydrogen-bond donors (Lipinski definition) is 2. The fourth-order valence-electron chi connectivity index (χ4n) is 2.32. The van der Waals surface area contributed by atoms with E-state index in [0.717, 1.165) is 22.2 Å². The van der Waals surface area contributed by atoms with Crippen molar-refractivity contribution in [1.29, 1.82) is 0 Å². The monoisotopic (exact) mass is 300 g/mol. The lowest BCUT2D eigenvalue weighted by atomic mass is 10.1. The standard InChI is InChI=1S/C16H13ClN2O2/c1-21-16(20)10-4-2-3-9(5-10)14-7-11-6-12(17)8-13(18)15(11)19-14/h2-8,19H,18H2,1H3. The third-order valence-corrected chi connectivity index (χ3v) is 3.54. The van der Waals surface area contributed by atoms with Crippen molar-refractivity contribution in [2.24, 2.45) is 0 Å². The summed E-state index contributed by atoms with van der Waals surface area (Å²) in [5.74, 6) is -0.365. The zero-order valence-corrected chi connectivity index (χ0v) is 12.1. The molecular weight excluding hydrogens is 288 g/mol. The highest BCUT2D eigenvalue weighted by Gasteiger charge is 2.10. The highest BCUT2D eigenvalue weighted by molar-refractivity contribution is 6.31. The summed E-state index contributed by atoms with van der Waals surface area (Å²) in [5.41, 5.74) is 9.62. The minimum Gasteiger partial charge on any atom is -0.465 e. The van der Waals surface area contributed by atoms with E-state index in [-0.39, 0.29) is 5.97 Å². The smallest absolute Gasteiger partial charge is 0.337 e. The number of aromatic nitrogens is 1. The molecule has 0 spiro atoms. The van der Waals surface area contributed by atoms with Crippen molar-refractivity contribution in [3.05, 3.63) is 53.1 Å². The molecule has 0 bridgehead atoms. The molecule has 5 heteroatoms. The van der Waals surface area contributed by atoms with E-state index in [1.54, 1.807) is 18.2 Å². The van der Waals surface area contributed by atoms with Crippen molar-refractivity contribution in [3.63, 3.8) is 0 Å². The Morgan fingerprint density at radius 3 is 2.81 bits per heavy atom. The van der Waals surface area contributed by atoms with Crippen LogP contribution in [-0.2, 0) is 4.74 Å². The number of fused-ring (bicyclic) bond motifs is 1. The van der Waals surface area contributed by atoms with E-state index in [1.165, 1.54) is 7.11 Å².